The molecule has 148 valence electrons. The zero-order chi connectivity index (χ0) is 19.7. The van der Waals surface area contributed by atoms with Crippen molar-refractivity contribution in [1.82, 2.24) is 25.0 Å². The predicted octanol–water partition coefficient (Wildman–Crippen LogP) is 2.06. The Hall–Kier alpha value is -2.90. The SMILES string of the molecule is COc1nc2c(cc1CNC(=O)[C@@H](C)n1cccn1)C(=O)N(C1CCCC1)C2. The smallest absolute Gasteiger partial charge is 0.256 e. The lowest BCUT2D eigenvalue weighted by Gasteiger charge is -2.22. The van der Waals surface area contributed by atoms with Gasteiger partial charge in [-0.25, -0.2) is 4.98 Å². The van der Waals surface area contributed by atoms with Gasteiger partial charge in [-0.1, -0.05) is 12.8 Å². The van der Waals surface area contributed by atoms with Gasteiger partial charge >= 0.3 is 0 Å². The van der Waals surface area contributed by atoms with Crippen molar-refractivity contribution in [2.45, 2.75) is 57.8 Å². The van der Waals surface area contributed by atoms with Crippen LogP contribution in [0.4, 0.5) is 0 Å². The summed E-state index contributed by atoms with van der Waals surface area (Å²) in [6.45, 7) is 2.56. The highest BCUT2D eigenvalue weighted by Crippen LogP contribution is 2.33. The number of ether oxygens (including phenoxy) is 1. The molecule has 1 saturated carbocycles. The lowest BCUT2D eigenvalue weighted by molar-refractivity contribution is -0.124. The summed E-state index contributed by atoms with van der Waals surface area (Å²) in [6, 6.07) is 3.48. The van der Waals surface area contributed by atoms with Gasteiger partial charge in [-0.15, -0.1) is 0 Å². The number of nitrogens with zero attached hydrogens (tertiary/aromatic N) is 4. The first-order chi connectivity index (χ1) is 13.6. The molecule has 1 atom stereocenters. The lowest BCUT2D eigenvalue weighted by atomic mass is 10.1. The number of hydrogen-bond donors (Lipinski definition) is 1. The highest BCUT2D eigenvalue weighted by Gasteiger charge is 2.36. The molecule has 2 aromatic rings. The van der Waals surface area contributed by atoms with E-state index in [0.717, 1.165) is 18.5 Å². The summed E-state index contributed by atoms with van der Waals surface area (Å²) in [5.41, 5.74) is 2.08. The minimum atomic E-state index is -0.428. The van der Waals surface area contributed by atoms with E-state index in [9.17, 15) is 9.59 Å². The van der Waals surface area contributed by atoms with Gasteiger partial charge in [-0.05, 0) is 31.9 Å². The van der Waals surface area contributed by atoms with Crippen LogP contribution in [0.1, 0.15) is 60.3 Å². The van der Waals surface area contributed by atoms with Crippen LogP contribution in [0.5, 0.6) is 5.88 Å². The van der Waals surface area contributed by atoms with Crippen molar-refractivity contribution in [3.05, 3.63) is 41.3 Å². The average Bonchev–Trinajstić information content (AvgIpc) is 3.46. The van der Waals surface area contributed by atoms with Crippen LogP contribution >= 0.6 is 0 Å². The zero-order valence-electron chi connectivity index (χ0n) is 16.2. The van der Waals surface area contributed by atoms with Crippen molar-refractivity contribution in [2.75, 3.05) is 7.11 Å². The van der Waals surface area contributed by atoms with E-state index < -0.39 is 6.04 Å². The van der Waals surface area contributed by atoms with E-state index in [4.69, 9.17) is 4.74 Å². The van der Waals surface area contributed by atoms with Crippen LogP contribution in [0.25, 0.3) is 0 Å². The molecule has 4 rings (SSSR count). The molecule has 0 aromatic carbocycles. The molecule has 28 heavy (non-hydrogen) atoms. The number of carbonyl (C=O) groups excluding carboxylic acids is 2. The number of hydrogen-bond acceptors (Lipinski definition) is 5. The lowest BCUT2D eigenvalue weighted by Crippen LogP contribution is -2.33. The summed E-state index contributed by atoms with van der Waals surface area (Å²) in [4.78, 5) is 31.8. The number of aromatic nitrogens is 3. The molecule has 0 radical (unpaired) electrons. The Labute approximate surface area is 163 Å². The Kier molecular flexibility index (Phi) is 5.02. The molecule has 0 spiro atoms. The minimum absolute atomic E-state index is 0.0366. The first kappa shape index (κ1) is 18.5. The number of fused-ring (bicyclic) bond motifs is 1. The molecule has 0 unspecified atom stereocenters. The number of methoxy groups -OCH3 is 1. The third-order valence-corrected chi connectivity index (χ3v) is 5.67. The van der Waals surface area contributed by atoms with E-state index in [2.05, 4.69) is 15.4 Å². The van der Waals surface area contributed by atoms with Crippen LogP contribution in [0.2, 0.25) is 0 Å². The monoisotopic (exact) mass is 383 g/mol. The standard InChI is InChI=1S/C20H25N5O3/c1-13(25-9-5-8-22-25)18(26)21-11-14-10-16-17(23-19(14)28-2)12-24(20(16)27)15-6-3-4-7-15/h5,8-10,13,15H,3-4,6-7,11-12H2,1-2H3,(H,21,26)/t13-/m1/s1. The molecule has 1 aliphatic heterocycles. The molecule has 1 fully saturated rings. The van der Waals surface area contributed by atoms with Crippen molar-refractivity contribution in [3.63, 3.8) is 0 Å². The Morgan fingerprint density at radius 3 is 2.86 bits per heavy atom. The fourth-order valence-electron chi connectivity index (χ4n) is 4.04. The van der Waals surface area contributed by atoms with Gasteiger partial charge in [0.05, 0.1) is 24.9 Å². The molecular weight excluding hydrogens is 358 g/mol. The first-order valence-electron chi connectivity index (χ1n) is 9.73. The molecule has 2 amide bonds. The zero-order valence-corrected chi connectivity index (χ0v) is 16.2. The van der Waals surface area contributed by atoms with E-state index >= 15 is 0 Å². The van der Waals surface area contributed by atoms with E-state index in [1.807, 2.05) is 11.0 Å². The maximum atomic E-state index is 12.9. The number of pyridine rings is 1. The predicted molar refractivity (Wildman–Crippen MR) is 102 cm³/mol. The van der Waals surface area contributed by atoms with Gasteiger partial charge in [0.2, 0.25) is 11.8 Å². The minimum Gasteiger partial charge on any atom is -0.481 e. The summed E-state index contributed by atoms with van der Waals surface area (Å²) < 4.78 is 7.02. The highest BCUT2D eigenvalue weighted by molar-refractivity contribution is 5.98. The summed E-state index contributed by atoms with van der Waals surface area (Å²) in [7, 11) is 1.55. The molecule has 1 N–H and O–H groups in total. The molecule has 1 aliphatic carbocycles. The van der Waals surface area contributed by atoms with Gasteiger partial charge < -0.3 is 15.0 Å². The fourth-order valence-corrected chi connectivity index (χ4v) is 4.04. The Balaban J connectivity index is 1.49. The molecule has 3 heterocycles. The third kappa shape index (κ3) is 3.34. The van der Waals surface area contributed by atoms with Crippen molar-refractivity contribution >= 4 is 11.8 Å². The number of rotatable bonds is 6. The summed E-state index contributed by atoms with van der Waals surface area (Å²) in [6.07, 6.45) is 7.85. The van der Waals surface area contributed by atoms with Gasteiger partial charge in [0.15, 0.2) is 0 Å². The molecule has 8 nitrogen and oxygen atoms in total. The maximum absolute atomic E-state index is 12.9. The Morgan fingerprint density at radius 2 is 2.18 bits per heavy atom. The molecule has 8 heteroatoms. The van der Waals surface area contributed by atoms with E-state index in [-0.39, 0.29) is 18.4 Å². The van der Waals surface area contributed by atoms with Gasteiger partial charge in [0, 0.05) is 30.5 Å². The second-order valence-electron chi connectivity index (χ2n) is 7.40. The fraction of sp³-hybridized carbons (Fsp3) is 0.500. The van der Waals surface area contributed by atoms with Crippen LogP contribution in [0, 0.1) is 0 Å². The summed E-state index contributed by atoms with van der Waals surface area (Å²) in [5.74, 6) is 0.326. The third-order valence-electron chi connectivity index (χ3n) is 5.67. The molecule has 0 saturated heterocycles. The maximum Gasteiger partial charge on any atom is 0.256 e. The van der Waals surface area contributed by atoms with Crippen LogP contribution in [0.3, 0.4) is 0 Å². The van der Waals surface area contributed by atoms with Gasteiger partial charge in [0.1, 0.15) is 6.04 Å². The first-order valence-corrected chi connectivity index (χ1v) is 9.73. The van der Waals surface area contributed by atoms with Crippen molar-refractivity contribution in [3.8, 4) is 5.88 Å². The van der Waals surface area contributed by atoms with Gasteiger partial charge in [0.25, 0.3) is 5.91 Å². The van der Waals surface area contributed by atoms with E-state index in [0.29, 0.717) is 29.6 Å². The van der Waals surface area contributed by atoms with Gasteiger partial charge in [-0.2, -0.15) is 5.10 Å². The molecular formula is C20H25N5O3. The summed E-state index contributed by atoms with van der Waals surface area (Å²) in [5, 5.41) is 6.99. The molecule has 2 aliphatic rings. The van der Waals surface area contributed by atoms with Crippen LogP contribution < -0.4 is 10.1 Å². The summed E-state index contributed by atoms with van der Waals surface area (Å²) >= 11 is 0. The normalized spacial score (nSPS) is 17.6. The molecule has 2 aromatic heterocycles. The van der Waals surface area contributed by atoms with Gasteiger partial charge in [-0.3, -0.25) is 14.3 Å². The second kappa shape index (κ2) is 7.61. The quantitative estimate of drug-likeness (QED) is 0.825. The average molecular weight is 383 g/mol. The van der Waals surface area contributed by atoms with Crippen LogP contribution in [0.15, 0.2) is 24.5 Å². The largest absolute Gasteiger partial charge is 0.481 e. The number of nitrogens with one attached hydrogen (secondary N) is 1. The van der Waals surface area contributed by atoms with Crippen molar-refractivity contribution < 1.29 is 14.3 Å². The topological polar surface area (TPSA) is 89.3 Å². The van der Waals surface area contributed by atoms with E-state index in [1.54, 1.807) is 37.2 Å². The number of amides is 2. The van der Waals surface area contributed by atoms with E-state index in [1.165, 1.54) is 12.8 Å². The van der Waals surface area contributed by atoms with Crippen molar-refractivity contribution in [2.24, 2.45) is 0 Å². The Bertz CT molecular complexity index is 874. The van der Waals surface area contributed by atoms with Crippen LogP contribution in [-0.4, -0.2) is 44.6 Å². The highest BCUT2D eigenvalue weighted by atomic mass is 16.5. The van der Waals surface area contributed by atoms with Crippen LogP contribution in [-0.2, 0) is 17.9 Å². The van der Waals surface area contributed by atoms with Crippen molar-refractivity contribution in [1.29, 1.82) is 0 Å². The Morgan fingerprint density at radius 1 is 1.39 bits per heavy atom. The number of carbonyl (C=O) groups is 2. The second-order valence-corrected chi connectivity index (χ2v) is 7.40. The molecule has 0 bridgehead atoms.